The van der Waals surface area contributed by atoms with E-state index < -0.39 is 0 Å². The van der Waals surface area contributed by atoms with E-state index in [1.165, 1.54) is 25.7 Å². The topological polar surface area (TPSA) is 21.6 Å². The van der Waals surface area contributed by atoms with Crippen LogP contribution in [0.3, 0.4) is 0 Å². The minimum atomic E-state index is 0.746. The molecule has 1 aliphatic rings. The number of hydrogen-bond acceptors (Lipinski definition) is 2. The molecule has 0 amide bonds. The fraction of sp³-hybridized carbons (Fsp3) is 0.421. The molecule has 21 heavy (non-hydrogen) atoms. The molecule has 1 aromatic carbocycles. The minimum absolute atomic E-state index is 0.746. The van der Waals surface area contributed by atoms with Crippen molar-refractivity contribution in [3.8, 4) is 5.75 Å². The number of para-hydroxylation sites is 1. The molecule has 0 bridgehead atoms. The van der Waals surface area contributed by atoms with Gasteiger partial charge < -0.3 is 4.74 Å². The maximum absolute atomic E-state index is 5.69. The average molecular weight is 283 g/mol. The second-order valence-corrected chi connectivity index (χ2v) is 5.51. The van der Waals surface area contributed by atoms with Crippen molar-refractivity contribution in [1.82, 2.24) is 0 Å². The van der Waals surface area contributed by atoms with Crippen molar-refractivity contribution in [2.24, 2.45) is 10.9 Å². The molecule has 0 unspecified atom stereocenters. The molecule has 1 aliphatic carbocycles. The molecule has 0 radical (unpaired) electrons. The van der Waals surface area contributed by atoms with Gasteiger partial charge in [0, 0.05) is 12.8 Å². The van der Waals surface area contributed by atoms with Gasteiger partial charge in [-0.1, -0.05) is 43.2 Å². The van der Waals surface area contributed by atoms with E-state index in [0.29, 0.717) is 0 Å². The van der Waals surface area contributed by atoms with Gasteiger partial charge in [-0.05, 0) is 50.3 Å². The summed E-state index contributed by atoms with van der Waals surface area (Å²) in [6.45, 7) is 2.86. The van der Waals surface area contributed by atoms with E-state index in [1.54, 1.807) is 0 Å². The molecule has 2 rings (SSSR count). The number of benzene rings is 1. The number of ether oxygens (including phenoxy) is 1. The van der Waals surface area contributed by atoms with Gasteiger partial charge in [0.2, 0.25) is 0 Å². The molecular weight excluding hydrogens is 258 g/mol. The van der Waals surface area contributed by atoms with Crippen LogP contribution in [0.5, 0.6) is 5.75 Å². The molecule has 0 N–H and O–H groups in total. The zero-order valence-electron chi connectivity index (χ0n) is 12.9. The summed E-state index contributed by atoms with van der Waals surface area (Å²) in [5.74, 6) is 2.52. The Bertz CT molecular complexity index is 482. The third-order valence-corrected chi connectivity index (χ3v) is 3.63. The van der Waals surface area contributed by atoms with Gasteiger partial charge >= 0.3 is 0 Å². The molecule has 0 atom stereocenters. The van der Waals surface area contributed by atoms with E-state index in [0.717, 1.165) is 30.4 Å². The van der Waals surface area contributed by atoms with Gasteiger partial charge in [-0.2, -0.15) is 0 Å². The quantitative estimate of drug-likeness (QED) is 0.292. The van der Waals surface area contributed by atoms with Crippen molar-refractivity contribution in [1.29, 1.82) is 0 Å². The summed E-state index contributed by atoms with van der Waals surface area (Å²) in [6.07, 6.45) is 14.8. The first-order valence-electron chi connectivity index (χ1n) is 7.91. The lowest BCUT2D eigenvalue weighted by Crippen LogP contribution is -1.94. The molecule has 1 aromatic rings. The Morgan fingerprint density at radius 2 is 2.00 bits per heavy atom. The molecule has 1 fully saturated rings. The van der Waals surface area contributed by atoms with Crippen LogP contribution in [0.25, 0.3) is 0 Å². The van der Waals surface area contributed by atoms with Gasteiger partial charge in [0.1, 0.15) is 11.5 Å². The van der Waals surface area contributed by atoms with Gasteiger partial charge in [0.15, 0.2) is 0 Å². The van der Waals surface area contributed by atoms with E-state index >= 15 is 0 Å². The second kappa shape index (κ2) is 9.17. The van der Waals surface area contributed by atoms with Crippen molar-refractivity contribution >= 4 is 6.21 Å². The summed E-state index contributed by atoms with van der Waals surface area (Å²) in [5.41, 5.74) is 0. The molecule has 0 heterocycles. The van der Waals surface area contributed by atoms with Gasteiger partial charge in [-0.3, -0.25) is 4.99 Å². The number of hydrogen-bond donors (Lipinski definition) is 0. The molecule has 2 nitrogen and oxygen atoms in total. The molecule has 1 saturated carbocycles. The Morgan fingerprint density at radius 3 is 2.76 bits per heavy atom. The monoisotopic (exact) mass is 283 g/mol. The second-order valence-electron chi connectivity index (χ2n) is 5.51. The van der Waals surface area contributed by atoms with Gasteiger partial charge in [0.05, 0.1) is 0 Å². The highest BCUT2D eigenvalue weighted by Gasteiger charge is 2.11. The summed E-state index contributed by atoms with van der Waals surface area (Å²) in [5, 5.41) is 0. The Balaban J connectivity index is 1.63. The predicted molar refractivity (Wildman–Crippen MR) is 89.9 cm³/mol. The first-order valence-corrected chi connectivity index (χ1v) is 7.91. The van der Waals surface area contributed by atoms with Crippen molar-refractivity contribution in [2.75, 3.05) is 6.54 Å². The van der Waals surface area contributed by atoms with Crippen LogP contribution in [0, 0.1) is 5.92 Å². The summed E-state index contributed by atoms with van der Waals surface area (Å²) in [4.78, 5) is 4.51. The highest BCUT2D eigenvalue weighted by molar-refractivity contribution is 5.60. The van der Waals surface area contributed by atoms with Crippen LogP contribution in [0.1, 0.15) is 39.0 Å². The van der Waals surface area contributed by atoms with E-state index in [1.807, 2.05) is 49.4 Å². The molecule has 0 aliphatic heterocycles. The zero-order valence-corrected chi connectivity index (χ0v) is 12.9. The summed E-state index contributed by atoms with van der Waals surface area (Å²) in [6, 6.07) is 9.84. The largest absolute Gasteiger partial charge is 0.462 e. The predicted octanol–water partition coefficient (Wildman–Crippen LogP) is 5.18. The summed E-state index contributed by atoms with van der Waals surface area (Å²) in [7, 11) is 0. The van der Waals surface area contributed by atoms with Crippen LogP contribution in [0.2, 0.25) is 0 Å². The average Bonchev–Trinajstić information content (AvgIpc) is 3.00. The van der Waals surface area contributed by atoms with E-state index in [2.05, 4.69) is 17.3 Å². The molecule has 0 saturated heterocycles. The van der Waals surface area contributed by atoms with Gasteiger partial charge in [0.25, 0.3) is 0 Å². The summed E-state index contributed by atoms with van der Waals surface area (Å²) >= 11 is 0. The van der Waals surface area contributed by atoms with Crippen LogP contribution in [0.15, 0.2) is 59.3 Å². The Kier molecular flexibility index (Phi) is 6.79. The van der Waals surface area contributed by atoms with Crippen LogP contribution < -0.4 is 4.74 Å². The van der Waals surface area contributed by atoms with Crippen LogP contribution in [-0.2, 0) is 0 Å². The van der Waals surface area contributed by atoms with Crippen molar-refractivity contribution in [3.05, 3.63) is 54.3 Å². The fourth-order valence-electron chi connectivity index (χ4n) is 2.49. The standard InChI is InChI=1S/C19H25NO/c1-17(21-19-13-5-2-6-14-19)10-4-3-9-15-20-16-18-11-7-8-12-18/h2-6,10,13-14,16,18H,7-9,11-12,15H2,1H3. The fourth-order valence-corrected chi connectivity index (χ4v) is 2.49. The van der Waals surface area contributed by atoms with E-state index in [4.69, 9.17) is 4.74 Å². The van der Waals surface area contributed by atoms with Crippen molar-refractivity contribution in [2.45, 2.75) is 39.0 Å². The molecular formula is C19H25NO. The first-order chi connectivity index (χ1) is 10.3. The van der Waals surface area contributed by atoms with Crippen molar-refractivity contribution in [3.63, 3.8) is 0 Å². The number of nitrogens with zero attached hydrogens (tertiary/aromatic N) is 1. The molecule has 2 heteroatoms. The maximum atomic E-state index is 5.69. The SMILES string of the molecule is CC(=CC=CCCN=CC1CCCC1)Oc1ccccc1. The number of allylic oxidation sites excluding steroid dienone is 3. The Labute approximate surface area is 128 Å². The van der Waals surface area contributed by atoms with Crippen LogP contribution in [-0.4, -0.2) is 12.8 Å². The maximum Gasteiger partial charge on any atom is 0.126 e. The van der Waals surface area contributed by atoms with E-state index in [9.17, 15) is 0 Å². The Hall–Kier alpha value is -1.83. The number of aliphatic imine (C=N–C) groups is 1. The zero-order chi connectivity index (χ0) is 14.8. The molecule has 0 aromatic heterocycles. The minimum Gasteiger partial charge on any atom is -0.462 e. The smallest absolute Gasteiger partial charge is 0.126 e. The third-order valence-electron chi connectivity index (χ3n) is 3.63. The van der Waals surface area contributed by atoms with E-state index in [-0.39, 0.29) is 0 Å². The molecule has 112 valence electrons. The summed E-state index contributed by atoms with van der Waals surface area (Å²) < 4.78 is 5.69. The van der Waals surface area contributed by atoms with Crippen molar-refractivity contribution < 1.29 is 4.74 Å². The Morgan fingerprint density at radius 1 is 1.24 bits per heavy atom. The van der Waals surface area contributed by atoms with Gasteiger partial charge in [-0.25, -0.2) is 0 Å². The highest BCUT2D eigenvalue weighted by Crippen LogP contribution is 2.22. The lowest BCUT2D eigenvalue weighted by atomic mass is 10.1. The number of rotatable bonds is 7. The lowest BCUT2D eigenvalue weighted by Gasteiger charge is -2.03. The normalized spacial score (nSPS) is 17.1. The highest BCUT2D eigenvalue weighted by atomic mass is 16.5. The lowest BCUT2D eigenvalue weighted by molar-refractivity contribution is 0.428. The van der Waals surface area contributed by atoms with Gasteiger partial charge in [-0.15, -0.1) is 0 Å². The first kappa shape index (κ1) is 15.6. The molecule has 0 spiro atoms. The van der Waals surface area contributed by atoms with Crippen LogP contribution >= 0.6 is 0 Å². The third kappa shape index (κ3) is 6.44. The van der Waals surface area contributed by atoms with Crippen LogP contribution in [0.4, 0.5) is 0 Å².